The highest BCUT2D eigenvalue weighted by atomic mass is 31.2. The summed E-state index contributed by atoms with van der Waals surface area (Å²) in [6.45, 7) is 0. The Labute approximate surface area is 111 Å². The zero-order chi connectivity index (χ0) is 5.21. The minimum absolute atomic E-state index is 0. The molecule has 10 heteroatoms. The molecular weight excluding hydrogens is 210 g/mol. The Hall–Kier alpha value is 2.59. The molecule has 0 aromatic heterocycles. The lowest BCUT2D eigenvalue weighted by molar-refractivity contribution is 0.292. The van der Waals surface area contributed by atoms with Crippen LogP contribution in [-0.2, 0) is 8.78 Å². The Morgan fingerprint density at radius 1 is 1.20 bits per heavy atom. The Morgan fingerprint density at radius 2 is 1.30 bits per heavy atom. The maximum Gasteiger partial charge on any atom is 0.458 e. The first-order valence-electron chi connectivity index (χ1n) is 1.17. The molecule has 0 aliphatic rings. The van der Waals surface area contributed by atoms with Crippen LogP contribution in [0.4, 0.5) is 0 Å². The monoisotopic (exact) mass is 223 g/mol. The van der Waals surface area contributed by atoms with Gasteiger partial charge in [0.15, 0.2) is 10.5 Å². The summed E-state index contributed by atoms with van der Waals surface area (Å²) in [5, 5.41) is 0. The van der Waals surface area contributed by atoms with E-state index in [1.165, 1.54) is 0 Å². The van der Waals surface area contributed by atoms with Crippen LogP contribution in [0.1, 0.15) is 0 Å². The Kier molecular flexibility index (Phi) is 41.5. The van der Waals surface area contributed by atoms with E-state index in [-0.39, 0.29) is 85.8 Å². The predicted molar refractivity (Wildman–Crippen MR) is 53.7 cm³/mol. The molecule has 0 radical (unpaired) electrons. The smallest absolute Gasteiger partial charge is 0.344 e. The third-order valence-corrected chi connectivity index (χ3v) is 2.14. The van der Waals surface area contributed by atoms with E-state index in [0.717, 1.165) is 0 Å². The van der Waals surface area contributed by atoms with Crippen molar-refractivity contribution in [1.29, 1.82) is 0 Å². The van der Waals surface area contributed by atoms with Gasteiger partial charge in [-0.3, -0.25) is 0 Å². The van der Waals surface area contributed by atoms with Crippen molar-refractivity contribution >= 4 is 87.5 Å². The van der Waals surface area contributed by atoms with Crippen molar-refractivity contribution in [3.05, 3.63) is 0 Å². The summed E-state index contributed by atoms with van der Waals surface area (Å²) in [5.74, 6) is 0. The van der Waals surface area contributed by atoms with Crippen LogP contribution in [0.5, 0.6) is 0 Å². The fraction of sp³-hybridized carbons (Fsp3) is 0. The van der Waals surface area contributed by atoms with Crippen LogP contribution in [0.25, 0.3) is 0 Å². The maximum atomic E-state index is 9.51. The lowest BCUT2D eigenvalue weighted by atomic mass is 14.0. The van der Waals surface area contributed by atoms with E-state index >= 15 is 0 Å². The fourth-order valence-corrected chi connectivity index (χ4v) is 0. The van der Waals surface area contributed by atoms with E-state index in [9.17, 15) is 4.57 Å². The van der Waals surface area contributed by atoms with Crippen LogP contribution in [0, 0.1) is 0 Å². The topological polar surface area (TPSA) is 102 Å². The first kappa shape index (κ1) is 29.4. The molecule has 0 amide bonds. The van der Waals surface area contributed by atoms with Gasteiger partial charge in [-0.1, -0.05) is 0 Å². The Balaban J connectivity index is -0.0000000208. The zero-order valence-electron chi connectivity index (χ0n) is 3.87. The van der Waals surface area contributed by atoms with Gasteiger partial charge < -0.3 is 20.2 Å². The van der Waals surface area contributed by atoms with E-state index in [2.05, 4.69) is 4.21 Å². The highest BCUT2D eigenvalue weighted by Gasteiger charge is 2.06. The van der Waals surface area contributed by atoms with Gasteiger partial charge in [0.2, 0.25) is 0 Å². The summed E-state index contributed by atoms with van der Waals surface area (Å²) in [4.78, 5) is 15.5. The van der Waals surface area contributed by atoms with Crippen LogP contribution in [0.3, 0.4) is 0 Å². The van der Waals surface area contributed by atoms with E-state index in [1.807, 2.05) is 0 Å². The molecule has 0 rings (SSSR count). The number of phosphoric acid groups is 1. The molecule has 58 valence electrons. The van der Waals surface area contributed by atoms with E-state index in [4.69, 9.17) is 9.79 Å². The second-order valence-electron chi connectivity index (χ2n) is 0.673. The number of rotatable bonds is 1. The molecule has 0 atom stereocenters. The molecule has 0 bridgehead atoms. The summed E-state index contributed by atoms with van der Waals surface area (Å²) >= 11 is 0. The van der Waals surface area contributed by atoms with E-state index < -0.39 is 7.82 Å². The summed E-state index contributed by atoms with van der Waals surface area (Å²) in [7, 11) is -4.00. The van der Waals surface area contributed by atoms with Crippen molar-refractivity contribution in [3.8, 4) is 0 Å². The van der Waals surface area contributed by atoms with Crippen LogP contribution in [-0.4, -0.2) is 89.4 Å². The van der Waals surface area contributed by atoms with Gasteiger partial charge in [-0.15, -0.1) is 0 Å². The fourth-order valence-electron chi connectivity index (χ4n) is 0. The highest BCUT2D eigenvalue weighted by Crippen LogP contribution is 2.33. The average molecular weight is 224 g/mol. The van der Waals surface area contributed by atoms with Crippen LogP contribution in [0.15, 0.2) is 0 Å². The third-order valence-electron chi connectivity index (χ3n) is 0.238. The van der Waals surface area contributed by atoms with Crippen LogP contribution < -0.4 is 6.15 Å². The zero-order valence-corrected chi connectivity index (χ0v) is 6.76. The first-order valence-corrected chi connectivity index (χ1v) is 3.52. The van der Waals surface area contributed by atoms with Gasteiger partial charge in [0.25, 0.3) is 0 Å². The summed E-state index contributed by atoms with van der Waals surface area (Å²) in [5.41, 5.74) is 0. The van der Waals surface area contributed by atoms with Gasteiger partial charge in [0.05, 0.1) is 0 Å². The van der Waals surface area contributed by atoms with Crippen molar-refractivity contribution in [2.45, 2.75) is 0 Å². The second kappa shape index (κ2) is 14.1. The van der Waals surface area contributed by atoms with Crippen molar-refractivity contribution in [3.63, 3.8) is 0 Å². The third kappa shape index (κ3) is 31.2. The largest absolute Gasteiger partial charge is 0.458 e. The molecule has 0 spiro atoms. The van der Waals surface area contributed by atoms with Gasteiger partial charge in [-0.25, -0.2) is 4.57 Å². The van der Waals surface area contributed by atoms with Crippen molar-refractivity contribution < 1.29 is 18.6 Å². The quantitative estimate of drug-likeness (QED) is 0.309. The molecule has 0 unspecified atom stereocenters. The molecule has 0 aliphatic carbocycles. The van der Waals surface area contributed by atoms with Crippen molar-refractivity contribution in [2.24, 2.45) is 0 Å². The molecular formula is H14Mg3NO4PSi. The second-order valence-corrected chi connectivity index (χ2v) is 3.11. The van der Waals surface area contributed by atoms with E-state index in [0.29, 0.717) is 0 Å². The number of hydrogen-bond acceptors (Lipinski definition) is 3. The lowest BCUT2D eigenvalue weighted by Crippen LogP contribution is -1.78. The summed E-state index contributed by atoms with van der Waals surface area (Å²) in [6.07, 6.45) is 0. The Bertz CT molecular complexity index is 84.6. The molecule has 0 saturated heterocycles. The van der Waals surface area contributed by atoms with Crippen molar-refractivity contribution in [2.75, 3.05) is 0 Å². The molecule has 10 heavy (non-hydrogen) atoms. The molecule has 0 aromatic rings. The van der Waals surface area contributed by atoms with Crippen LogP contribution in [0.2, 0.25) is 0 Å². The minimum atomic E-state index is -4.08. The van der Waals surface area contributed by atoms with Gasteiger partial charge in [0.1, 0.15) is 0 Å². The standard InChI is InChI=1S/3Mg.H3N.H5O4PSi.6H/c;;;;1-5(2,3)4-6;;;;;;/h;;;1H3;6H3,(H2,1,2,3);;;;;;. The van der Waals surface area contributed by atoms with Gasteiger partial charge in [-0.05, 0) is 0 Å². The molecule has 5 nitrogen and oxygen atoms in total. The SMILES string of the molecule is N.O=P(O)(O)O[SiH3].[MgH2].[MgH2].[MgH2]. The molecule has 0 aliphatic heterocycles. The van der Waals surface area contributed by atoms with Gasteiger partial charge in [0, 0.05) is 0 Å². The summed E-state index contributed by atoms with van der Waals surface area (Å²) in [6, 6.07) is 0. The molecule has 0 fully saturated rings. The average Bonchev–Trinajstić information content (AvgIpc) is 1.35. The molecule has 0 aromatic carbocycles. The Morgan fingerprint density at radius 3 is 1.30 bits per heavy atom. The van der Waals surface area contributed by atoms with Gasteiger partial charge in [-0.2, -0.15) is 0 Å². The number of hydrogen-bond donors (Lipinski definition) is 3. The minimum Gasteiger partial charge on any atom is -0.344 e. The maximum absolute atomic E-state index is 9.51. The normalized spacial score (nSPS) is 7.40. The van der Waals surface area contributed by atoms with Crippen LogP contribution >= 0.6 is 7.82 Å². The highest BCUT2D eigenvalue weighted by molar-refractivity contribution is 7.47. The molecule has 5 N–H and O–H groups in total. The summed E-state index contributed by atoms with van der Waals surface area (Å²) < 4.78 is 13.2. The first-order chi connectivity index (χ1) is 2.56. The molecule has 0 heterocycles. The van der Waals surface area contributed by atoms with Crippen molar-refractivity contribution in [1.82, 2.24) is 6.15 Å². The molecule has 0 saturated carbocycles. The predicted octanol–water partition coefficient (Wildman–Crippen LogP) is -4.21. The lowest BCUT2D eigenvalue weighted by Gasteiger charge is -1.94. The van der Waals surface area contributed by atoms with E-state index in [1.54, 1.807) is 0 Å². The van der Waals surface area contributed by atoms with Gasteiger partial charge >= 0.3 is 77.0 Å².